The maximum absolute atomic E-state index is 9.55. The maximum atomic E-state index is 9.55. The molecule has 0 aromatic heterocycles. The van der Waals surface area contributed by atoms with Crippen molar-refractivity contribution in [2.45, 2.75) is 38.1 Å². The number of ether oxygens (including phenoxy) is 1. The number of halogens is 1. The van der Waals surface area contributed by atoms with Gasteiger partial charge in [0.15, 0.2) is 0 Å². The third kappa shape index (κ3) is 2.22. The molecule has 0 amide bonds. The van der Waals surface area contributed by atoms with Gasteiger partial charge >= 0.3 is 0 Å². The molecule has 3 atom stereocenters. The van der Waals surface area contributed by atoms with Crippen LogP contribution in [0.3, 0.4) is 0 Å². The van der Waals surface area contributed by atoms with Crippen LogP contribution in [0.25, 0.3) is 0 Å². The molecule has 4 heteroatoms. The Balaban J connectivity index is 1.84. The Hall–Kier alpha value is -0.770. The monoisotopic (exact) mass is 267 g/mol. The van der Waals surface area contributed by atoms with Crippen molar-refractivity contribution in [3.05, 3.63) is 28.8 Å². The zero-order valence-electron chi connectivity index (χ0n) is 10.5. The average Bonchev–Trinajstić information content (AvgIpc) is 2.68. The smallest absolute Gasteiger partial charge is 0.0762 e. The molecule has 2 bridgehead atoms. The van der Waals surface area contributed by atoms with Crippen molar-refractivity contribution in [3.63, 3.8) is 0 Å². The highest BCUT2D eigenvalue weighted by Crippen LogP contribution is 2.34. The SMILES string of the molecule is C[C@H](O)c1ccc(N2CC3CCC(C2)O3)c(Cl)c1. The molecule has 2 saturated heterocycles. The molecule has 3 nitrogen and oxygen atoms in total. The van der Waals surface area contributed by atoms with E-state index in [1.165, 1.54) is 0 Å². The summed E-state index contributed by atoms with van der Waals surface area (Å²) in [6.07, 6.45) is 2.56. The minimum absolute atomic E-state index is 0.358. The fourth-order valence-electron chi connectivity index (χ4n) is 2.85. The lowest BCUT2D eigenvalue weighted by Gasteiger charge is -2.34. The quantitative estimate of drug-likeness (QED) is 0.894. The van der Waals surface area contributed by atoms with Gasteiger partial charge in [0.05, 0.1) is 29.0 Å². The summed E-state index contributed by atoms with van der Waals surface area (Å²) >= 11 is 6.33. The highest BCUT2D eigenvalue weighted by atomic mass is 35.5. The first kappa shape index (κ1) is 12.3. The molecule has 0 saturated carbocycles. The number of nitrogens with zero attached hydrogens (tertiary/aromatic N) is 1. The van der Waals surface area contributed by atoms with E-state index in [1.807, 2.05) is 18.2 Å². The number of hydrogen-bond donors (Lipinski definition) is 1. The number of morpholine rings is 1. The molecule has 0 spiro atoms. The van der Waals surface area contributed by atoms with Crippen LogP contribution in [0.1, 0.15) is 31.4 Å². The lowest BCUT2D eigenvalue weighted by molar-refractivity contribution is 0.0305. The summed E-state index contributed by atoms with van der Waals surface area (Å²) in [5.74, 6) is 0. The van der Waals surface area contributed by atoms with Gasteiger partial charge in [-0.05, 0) is 37.5 Å². The summed E-state index contributed by atoms with van der Waals surface area (Å²) in [5, 5.41) is 10.3. The molecule has 18 heavy (non-hydrogen) atoms. The molecule has 1 aromatic carbocycles. The summed E-state index contributed by atoms with van der Waals surface area (Å²) in [7, 11) is 0. The Labute approximate surface area is 112 Å². The van der Waals surface area contributed by atoms with Crippen LogP contribution >= 0.6 is 11.6 Å². The minimum atomic E-state index is -0.475. The average molecular weight is 268 g/mol. The third-order valence-corrected chi connectivity index (χ3v) is 4.14. The standard InChI is InChI=1S/C14H18ClNO2/c1-9(17)10-2-5-14(13(15)6-10)16-7-11-3-4-12(8-16)18-11/h2,5-6,9,11-12,17H,3-4,7-8H2,1H3/t9-,11?,12?/m0/s1. The van der Waals surface area contributed by atoms with Gasteiger partial charge in [-0.2, -0.15) is 0 Å². The molecule has 3 rings (SSSR count). The number of anilines is 1. The molecule has 2 aliphatic heterocycles. The number of fused-ring (bicyclic) bond motifs is 2. The second-order valence-electron chi connectivity index (χ2n) is 5.25. The lowest BCUT2D eigenvalue weighted by Crippen LogP contribution is -2.42. The van der Waals surface area contributed by atoms with Gasteiger partial charge in [0.1, 0.15) is 0 Å². The van der Waals surface area contributed by atoms with Crippen molar-refractivity contribution in [2.24, 2.45) is 0 Å². The first-order valence-corrected chi connectivity index (χ1v) is 6.89. The van der Waals surface area contributed by atoms with Crippen molar-refractivity contribution < 1.29 is 9.84 Å². The van der Waals surface area contributed by atoms with Crippen molar-refractivity contribution >= 4 is 17.3 Å². The zero-order valence-corrected chi connectivity index (χ0v) is 11.2. The van der Waals surface area contributed by atoms with Crippen molar-refractivity contribution in [1.29, 1.82) is 0 Å². The number of benzene rings is 1. The summed E-state index contributed by atoms with van der Waals surface area (Å²) in [4.78, 5) is 2.31. The van der Waals surface area contributed by atoms with Crippen molar-refractivity contribution in [2.75, 3.05) is 18.0 Å². The third-order valence-electron chi connectivity index (χ3n) is 3.84. The summed E-state index contributed by atoms with van der Waals surface area (Å²) in [6.45, 7) is 3.59. The Kier molecular flexibility index (Phi) is 3.22. The molecule has 2 heterocycles. The van der Waals surface area contributed by atoms with E-state index in [9.17, 15) is 5.11 Å². The van der Waals surface area contributed by atoms with Crippen molar-refractivity contribution in [3.8, 4) is 0 Å². The highest BCUT2D eigenvalue weighted by molar-refractivity contribution is 6.33. The lowest BCUT2D eigenvalue weighted by atomic mass is 10.1. The predicted octanol–water partition coefficient (Wildman–Crippen LogP) is 2.76. The number of hydrogen-bond acceptors (Lipinski definition) is 3. The maximum Gasteiger partial charge on any atom is 0.0762 e. The molecule has 2 unspecified atom stereocenters. The Bertz CT molecular complexity index is 437. The van der Waals surface area contributed by atoms with E-state index >= 15 is 0 Å². The Morgan fingerprint density at radius 1 is 1.33 bits per heavy atom. The first-order chi connectivity index (χ1) is 8.63. The van der Waals surface area contributed by atoms with Gasteiger partial charge in [-0.25, -0.2) is 0 Å². The second kappa shape index (κ2) is 4.72. The van der Waals surface area contributed by atoms with Crippen LogP contribution in [-0.2, 0) is 4.74 Å². The fraction of sp³-hybridized carbons (Fsp3) is 0.571. The van der Waals surface area contributed by atoms with E-state index in [-0.39, 0.29) is 0 Å². The van der Waals surface area contributed by atoms with Gasteiger partial charge in [-0.3, -0.25) is 0 Å². The van der Waals surface area contributed by atoms with Gasteiger partial charge in [0.25, 0.3) is 0 Å². The van der Waals surface area contributed by atoms with E-state index in [1.54, 1.807) is 6.92 Å². The molecule has 1 aromatic rings. The van der Waals surface area contributed by atoms with Crippen LogP contribution in [-0.4, -0.2) is 30.4 Å². The molecular formula is C14H18ClNO2. The Morgan fingerprint density at radius 3 is 2.56 bits per heavy atom. The number of aliphatic hydroxyl groups excluding tert-OH is 1. The molecule has 0 aliphatic carbocycles. The highest BCUT2D eigenvalue weighted by Gasteiger charge is 2.34. The van der Waals surface area contributed by atoms with Crippen LogP contribution in [0.5, 0.6) is 0 Å². The van der Waals surface area contributed by atoms with Gasteiger partial charge in [0.2, 0.25) is 0 Å². The molecule has 2 fully saturated rings. The molecule has 98 valence electrons. The molecule has 0 radical (unpaired) electrons. The number of aliphatic hydroxyl groups is 1. The predicted molar refractivity (Wildman–Crippen MR) is 72.2 cm³/mol. The topological polar surface area (TPSA) is 32.7 Å². The summed E-state index contributed by atoms with van der Waals surface area (Å²) in [6, 6.07) is 5.82. The normalized spacial score (nSPS) is 28.5. The van der Waals surface area contributed by atoms with Gasteiger partial charge in [-0.1, -0.05) is 17.7 Å². The number of rotatable bonds is 2. The van der Waals surface area contributed by atoms with E-state index in [4.69, 9.17) is 16.3 Å². The second-order valence-corrected chi connectivity index (χ2v) is 5.66. The molecule has 1 N–H and O–H groups in total. The molecule has 2 aliphatic rings. The van der Waals surface area contributed by atoms with Crippen LogP contribution in [0.4, 0.5) is 5.69 Å². The van der Waals surface area contributed by atoms with Gasteiger partial charge < -0.3 is 14.7 Å². The van der Waals surface area contributed by atoms with Gasteiger partial charge in [0, 0.05) is 13.1 Å². The Morgan fingerprint density at radius 2 is 2.00 bits per heavy atom. The van der Waals surface area contributed by atoms with E-state index < -0.39 is 6.10 Å². The van der Waals surface area contributed by atoms with E-state index in [0.29, 0.717) is 12.2 Å². The van der Waals surface area contributed by atoms with Crippen LogP contribution < -0.4 is 4.90 Å². The van der Waals surface area contributed by atoms with Crippen LogP contribution in [0.15, 0.2) is 18.2 Å². The van der Waals surface area contributed by atoms with Crippen LogP contribution in [0, 0.1) is 0 Å². The minimum Gasteiger partial charge on any atom is -0.389 e. The fourth-order valence-corrected chi connectivity index (χ4v) is 3.16. The first-order valence-electron chi connectivity index (χ1n) is 6.51. The van der Waals surface area contributed by atoms with Gasteiger partial charge in [-0.15, -0.1) is 0 Å². The summed E-state index contributed by atoms with van der Waals surface area (Å²) < 4.78 is 5.83. The van der Waals surface area contributed by atoms with Crippen molar-refractivity contribution in [1.82, 2.24) is 0 Å². The summed E-state index contributed by atoms with van der Waals surface area (Å²) in [5.41, 5.74) is 1.92. The van der Waals surface area contributed by atoms with E-state index in [0.717, 1.165) is 42.2 Å². The zero-order chi connectivity index (χ0) is 12.7. The molecular weight excluding hydrogens is 250 g/mol. The van der Waals surface area contributed by atoms with Crippen LogP contribution in [0.2, 0.25) is 5.02 Å². The largest absolute Gasteiger partial charge is 0.389 e. The van der Waals surface area contributed by atoms with E-state index in [2.05, 4.69) is 4.90 Å².